The highest BCUT2D eigenvalue weighted by Crippen LogP contribution is 2.26. The molecule has 0 amide bonds. The molecule has 2 nitrogen and oxygen atoms in total. The van der Waals surface area contributed by atoms with E-state index in [4.69, 9.17) is 10.2 Å². The lowest BCUT2D eigenvalue weighted by Gasteiger charge is -2.00. The Balaban J connectivity index is 2.23. The fourth-order valence-electron chi connectivity index (χ4n) is 1.59. The predicted octanol–water partition coefficient (Wildman–Crippen LogP) is 3.45. The molecule has 0 unspecified atom stereocenters. The van der Waals surface area contributed by atoms with Gasteiger partial charge in [0.05, 0.1) is 0 Å². The summed E-state index contributed by atoms with van der Waals surface area (Å²) in [6.45, 7) is 4.45. The van der Waals surface area contributed by atoms with E-state index < -0.39 is 0 Å². The van der Waals surface area contributed by atoms with Crippen LogP contribution < -0.4 is 5.73 Å². The molecule has 0 aliphatic rings. The van der Waals surface area contributed by atoms with E-state index in [1.165, 1.54) is 12.1 Å². The zero-order valence-corrected chi connectivity index (χ0v) is 9.45. The standard InChI is InChI=1S/C14H14FNO/c1-10(8-9-16)13-6-7-14(17-13)11-2-4-12(15)5-3-11/h2-7H,1,8-9,16H2. The van der Waals surface area contributed by atoms with Crippen molar-refractivity contribution in [3.63, 3.8) is 0 Å². The van der Waals surface area contributed by atoms with E-state index in [-0.39, 0.29) is 5.82 Å². The lowest BCUT2D eigenvalue weighted by atomic mass is 10.1. The SMILES string of the molecule is C=C(CCN)c1ccc(-c2ccc(F)cc2)o1. The van der Waals surface area contributed by atoms with Crippen molar-refractivity contribution in [2.45, 2.75) is 6.42 Å². The third-order valence-corrected chi connectivity index (χ3v) is 2.53. The van der Waals surface area contributed by atoms with Crippen LogP contribution in [0.2, 0.25) is 0 Å². The Morgan fingerprint density at radius 3 is 2.53 bits per heavy atom. The van der Waals surface area contributed by atoms with Gasteiger partial charge in [0.15, 0.2) is 0 Å². The van der Waals surface area contributed by atoms with E-state index in [0.29, 0.717) is 18.7 Å². The van der Waals surface area contributed by atoms with Crippen LogP contribution in [-0.2, 0) is 0 Å². The molecule has 0 spiro atoms. The average Bonchev–Trinajstić information content (AvgIpc) is 2.80. The minimum atomic E-state index is -0.256. The Morgan fingerprint density at radius 1 is 1.18 bits per heavy atom. The molecule has 17 heavy (non-hydrogen) atoms. The highest BCUT2D eigenvalue weighted by atomic mass is 19.1. The lowest BCUT2D eigenvalue weighted by molar-refractivity contribution is 0.564. The van der Waals surface area contributed by atoms with Crippen molar-refractivity contribution in [2.24, 2.45) is 5.73 Å². The number of furan rings is 1. The fraction of sp³-hybridized carbons (Fsp3) is 0.143. The first-order valence-corrected chi connectivity index (χ1v) is 5.44. The predicted molar refractivity (Wildman–Crippen MR) is 66.8 cm³/mol. The molecule has 2 aromatic rings. The first-order valence-electron chi connectivity index (χ1n) is 5.44. The summed E-state index contributed by atoms with van der Waals surface area (Å²) in [7, 11) is 0. The second-order valence-corrected chi connectivity index (χ2v) is 3.81. The molecule has 88 valence electrons. The lowest BCUT2D eigenvalue weighted by Crippen LogP contribution is -1.98. The van der Waals surface area contributed by atoms with Gasteiger partial charge in [0.2, 0.25) is 0 Å². The molecule has 2 N–H and O–H groups in total. The molecule has 1 aromatic heterocycles. The molecule has 0 saturated heterocycles. The van der Waals surface area contributed by atoms with Gasteiger partial charge >= 0.3 is 0 Å². The van der Waals surface area contributed by atoms with Gasteiger partial charge in [0.25, 0.3) is 0 Å². The molecule has 1 aromatic carbocycles. The monoisotopic (exact) mass is 231 g/mol. The van der Waals surface area contributed by atoms with E-state index in [1.54, 1.807) is 12.1 Å². The van der Waals surface area contributed by atoms with Crippen LogP contribution in [0.15, 0.2) is 47.4 Å². The summed E-state index contributed by atoms with van der Waals surface area (Å²) in [5, 5.41) is 0. The molecule has 0 atom stereocenters. The van der Waals surface area contributed by atoms with Crippen LogP contribution in [0.4, 0.5) is 4.39 Å². The van der Waals surface area contributed by atoms with E-state index in [9.17, 15) is 4.39 Å². The second kappa shape index (κ2) is 4.97. The number of hydrogen-bond donors (Lipinski definition) is 1. The third-order valence-electron chi connectivity index (χ3n) is 2.53. The van der Waals surface area contributed by atoms with Crippen LogP contribution >= 0.6 is 0 Å². The number of nitrogens with two attached hydrogens (primary N) is 1. The Bertz CT molecular complexity index is 513. The molecule has 0 bridgehead atoms. The summed E-state index contributed by atoms with van der Waals surface area (Å²) in [5.74, 6) is 1.18. The molecule has 2 rings (SSSR count). The molecule has 0 saturated carbocycles. The van der Waals surface area contributed by atoms with Crippen molar-refractivity contribution in [3.05, 3.63) is 54.6 Å². The molecule has 0 fully saturated rings. The zero-order valence-electron chi connectivity index (χ0n) is 9.45. The van der Waals surface area contributed by atoms with Gasteiger partial charge in [-0.25, -0.2) is 4.39 Å². The Labute approximate surface area is 99.6 Å². The summed E-state index contributed by atoms with van der Waals surface area (Å²) in [5.41, 5.74) is 7.18. The van der Waals surface area contributed by atoms with Gasteiger partial charge in [-0.2, -0.15) is 0 Å². The molecular formula is C14H14FNO. The average molecular weight is 231 g/mol. The van der Waals surface area contributed by atoms with Crippen molar-refractivity contribution in [2.75, 3.05) is 6.54 Å². The van der Waals surface area contributed by atoms with Gasteiger partial charge in [-0.05, 0) is 54.9 Å². The largest absolute Gasteiger partial charge is 0.456 e. The molecule has 3 heteroatoms. The van der Waals surface area contributed by atoms with Gasteiger partial charge in [0, 0.05) is 5.56 Å². The zero-order chi connectivity index (χ0) is 12.3. The molecule has 0 aliphatic heterocycles. The second-order valence-electron chi connectivity index (χ2n) is 3.81. The first kappa shape index (κ1) is 11.6. The molecule has 0 aliphatic carbocycles. The minimum Gasteiger partial charge on any atom is -0.456 e. The Hall–Kier alpha value is -1.87. The van der Waals surface area contributed by atoms with Crippen LogP contribution in [-0.4, -0.2) is 6.54 Å². The normalized spacial score (nSPS) is 10.5. The molecular weight excluding hydrogens is 217 g/mol. The third kappa shape index (κ3) is 2.63. The number of halogens is 1. The highest BCUT2D eigenvalue weighted by molar-refractivity contribution is 5.64. The van der Waals surface area contributed by atoms with Gasteiger partial charge in [-0.1, -0.05) is 6.58 Å². The summed E-state index contributed by atoms with van der Waals surface area (Å²) in [6.07, 6.45) is 0.705. The summed E-state index contributed by atoms with van der Waals surface area (Å²) in [6, 6.07) is 9.90. The van der Waals surface area contributed by atoms with Gasteiger partial charge in [0.1, 0.15) is 17.3 Å². The minimum absolute atomic E-state index is 0.256. The first-order chi connectivity index (χ1) is 8.20. The van der Waals surface area contributed by atoms with Crippen molar-refractivity contribution >= 4 is 5.57 Å². The van der Waals surface area contributed by atoms with E-state index in [0.717, 1.165) is 16.9 Å². The van der Waals surface area contributed by atoms with Crippen molar-refractivity contribution in [1.29, 1.82) is 0 Å². The van der Waals surface area contributed by atoms with Crippen molar-refractivity contribution in [3.8, 4) is 11.3 Å². The molecule has 1 heterocycles. The smallest absolute Gasteiger partial charge is 0.134 e. The van der Waals surface area contributed by atoms with Crippen LogP contribution in [0.5, 0.6) is 0 Å². The van der Waals surface area contributed by atoms with Gasteiger partial charge in [-0.3, -0.25) is 0 Å². The summed E-state index contributed by atoms with van der Waals surface area (Å²) < 4.78 is 18.4. The summed E-state index contributed by atoms with van der Waals surface area (Å²) in [4.78, 5) is 0. The molecule has 0 radical (unpaired) electrons. The quantitative estimate of drug-likeness (QED) is 0.875. The van der Waals surface area contributed by atoms with E-state index in [1.807, 2.05) is 12.1 Å². The van der Waals surface area contributed by atoms with E-state index >= 15 is 0 Å². The summed E-state index contributed by atoms with van der Waals surface area (Å²) >= 11 is 0. The van der Waals surface area contributed by atoms with Crippen molar-refractivity contribution < 1.29 is 8.81 Å². The number of rotatable bonds is 4. The topological polar surface area (TPSA) is 39.2 Å². The maximum atomic E-state index is 12.8. The van der Waals surface area contributed by atoms with E-state index in [2.05, 4.69) is 6.58 Å². The number of benzene rings is 1. The number of hydrogen-bond acceptors (Lipinski definition) is 2. The van der Waals surface area contributed by atoms with Crippen LogP contribution in [0.1, 0.15) is 12.2 Å². The Kier molecular flexibility index (Phi) is 3.40. The van der Waals surface area contributed by atoms with Crippen LogP contribution in [0.25, 0.3) is 16.9 Å². The fourth-order valence-corrected chi connectivity index (χ4v) is 1.59. The maximum absolute atomic E-state index is 12.8. The Morgan fingerprint density at radius 2 is 1.88 bits per heavy atom. The van der Waals surface area contributed by atoms with Crippen LogP contribution in [0.3, 0.4) is 0 Å². The van der Waals surface area contributed by atoms with Gasteiger partial charge in [-0.15, -0.1) is 0 Å². The van der Waals surface area contributed by atoms with Crippen LogP contribution in [0, 0.1) is 5.82 Å². The highest BCUT2D eigenvalue weighted by Gasteiger charge is 2.07. The van der Waals surface area contributed by atoms with Crippen molar-refractivity contribution in [1.82, 2.24) is 0 Å². The maximum Gasteiger partial charge on any atom is 0.134 e. The van der Waals surface area contributed by atoms with Gasteiger partial charge < -0.3 is 10.2 Å².